The number of nitrogens with zero attached hydrogens (tertiary/aromatic N) is 3. The van der Waals surface area contributed by atoms with Crippen LogP contribution in [-0.4, -0.2) is 60.3 Å². The first-order valence-corrected chi connectivity index (χ1v) is 10.8. The van der Waals surface area contributed by atoms with Crippen LogP contribution in [0.15, 0.2) is 42.5 Å². The molecule has 3 aromatic rings. The van der Waals surface area contributed by atoms with E-state index < -0.39 is 0 Å². The number of hydrogen-bond donors (Lipinski definition) is 2. The van der Waals surface area contributed by atoms with Crippen molar-refractivity contribution >= 4 is 22.9 Å². The van der Waals surface area contributed by atoms with Gasteiger partial charge in [0.25, 0.3) is 5.91 Å². The van der Waals surface area contributed by atoms with Crippen molar-refractivity contribution in [2.45, 2.75) is 19.9 Å². The van der Waals surface area contributed by atoms with E-state index in [1.165, 1.54) is 17.0 Å². The Bertz CT molecular complexity index is 967. The third kappa shape index (κ3) is 4.52. The number of thiophene rings is 1. The molecule has 1 aliphatic rings. The van der Waals surface area contributed by atoms with Crippen molar-refractivity contribution in [2.75, 3.05) is 38.1 Å². The molecule has 1 amide bonds. The van der Waals surface area contributed by atoms with Gasteiger partial charge in [-0.15, -0.1) is 11.3 Å². The molecule has 0 aliphatic carbocycles. The maximum atomic E-state index is 12.2. The molecule has 0 saturated carbocycles. The van der Waals surface area contributed by atoms with Gasteiger partial charge in [-0.1, -0.05) is 12.1 Å². The summed E-state index contributed by atoms with van der Waals surface area (Å²) in [5.74, 6) is -0.0320. The predicted molar refractivity (Wildman–Crippen MR) is 120 cm³/mol. The maximum absolute atomic E-state index is 12.2. The molecule has 0 spiro atoms. The number of carbonyl (C=O) groups is 1. The molecule has 0 atom stereocenters. The number of hydrogen-bond acceptors (Lipinski definition) is 5. The van der Waals surface area contributed by atoms with E-state index in [4.69, 9.17) is 0 Å². The van der Waals surface area contributed by atoms with E-state index in [0.717, 1.165) is 48.0 Å². The van der Waals surface area contributed by atoms with Crippen LogP contribution in [0, 0.1) is 0 Å². The average Bonchev–Trinajstić information content (AvgIpc) is 3.38. The quantitative estimate of drug-likeness (QED) is 0.675. The molecule has 4 rings (SSSR count). The zero-order chi connectivity index (χ0) is 20.4. The minimum absolute atomic E-state index is 0.0320. The van der Waals surface area contributed by atoms with Crippen LogP contribution >= 0.6 is 11.3 Å². The normalized spacial score (nSPS) is 15.1. The molecule has 0 bridgehead atoms. The second-order valence-corrected chi connectivity index (χ2v) is 8.88. The highest BCUT2D eigenvalue weighted by Gasteiger charge is 2.15. The fourth-order valence-corrected chi connectivity index (χ4v) is 4.32. The molecule has 3 heterocycles. The van der Waals surface area contributed by atoms with E-state index in [9.17, 15) is 4.79 Å². The molecule has 152 valence electrons. The number of aromatic nitrogens is 2. The summed E-state index contributed by atoms with van der Waals surface area (Å²) in [5, 5.41) is 10.5. The SMILES string of the molecule is CC(C)NC(=O)c1ccc(-c2cc(-c3ccc(N4CCN(C)CC4)cc3)n[nH]2)s1. The number of amides is 1. The number of nitrogens with one attached hydrogen (secondary N) is 2. The molecule has 2 aromatic heterocycles. The van der Waals surface area contributed by atoms with E-state index >= 15 is 0 Å². The molecular weight excluding hydrogens is 382 g/mol. The predicted octanol–water partition coefficient (Wildman–Crippen LogP) is 3.70. The van der Waals surface area contributed by atoms with Crippen LogP contribution in [0.5, 0.6) is 0 Å². The Kier molecular flexibility index (Phi) is 5.69. The topological polar surface area (TPSA) is 64.3 Å². The third-order valence-corrected chi connectivity index (χ3v) is 6.24. The summed E-state index contributed by atoms with van der Waals surface area (Å²) in [7, 11) is 2.17. The van der Waals surface area contributed by atoms with Gasteiger partial charge in [0.2, 0.25) is 0 Å². The van der Waals surface area contributed by atoms with Gasteiger partial charge in [-0.25, -0.2) is 0 Å². The number of benzene rings is 1. The second kappa shape index (κ2) is 8.39. The highest BCUT2D eigenvalue weighted by molar-refractivity contribution is 7.17. The summed E-state index contributed by atoms with van der Waals surface area (Å²) in [6, 6.07) is 14.6. The van der Waals surface area contributed by atoms with Crippen LogP contribution in [0.25, 0.3) is 21.8 Å². The molecule has 2 N–H and O–H groups in total. The first-order valence-electron chi connectivity index (χ1n) is 10.00. The highest BCUT2D eigenvalue weighted by atomic mass is 32.1. The van der Waals surface area contributed by atoms with Gasteiger partial charge in [0, 0.05) is 43.5 Å². The number of rotatable bonds is 5. The van der Waals surface area contributed by atoms with Crippen molar-refractivity contribution in [3.63, 3.8) is 0 Å². The summed E-state index contributed by atoms with van der Waals surface area (Å²) < 4.78 is 0. The summed E-state index contributed by atoms with van der Waals surface area (Å²) in [5.41, 5.74) is 4.18. The fraction of sp³-hybridized carbons (Fsp3) is 0.364. The smallest absolute Gasteiger partial charge is 0.261 e. The monoisotopic (exact) mass is 409 g/mol. The van der Waals surface area contributed by atoms with Gasteiger partial charge in [-0.3, -0.25) is 9.89 Å². The average molecular weight is 410 g/mol. The molecule has 1 aliphatic heterocycles. The Labute approximate surface area is 175 Å². The summed E-state index contributed by atoms with van der Waals surface area (Å²) in [6.45, 7) is 8.25. The number of carbonyl (C=O) groups excluding carboxylic acids is 1. The highest BCUT2D eigenvalue weighted by Crippen LogP contribution is 2.30. The Balaban J connectivity index is 1.46. The van der Waals surface area contributed by atoms with Crippen LogP contribution in [0.4, 0.5) is 5.69 Å². The van der Waals surface area contributed by atoms with Gasteiger partial charge in [0.15, 0.2) is 0 Å². The van der Waals surface area contributed by atoms with E-state index in [2.05, 4.69) is 56.6 Å². The van der Waals surface area contributed by atoms with Gasteiger partial charge < -0.3 is 15.1 Å². The Morgan fingerprint density at radius 3 is 2.52 bits per heavy atom. The van der Waals surface area contributed by atoms with Gasteiger partial charge in [-0.2, -0.15) is 5.10 Å². The Morgan fingerprint density at radius 1 is 1.10 bits per heavy atom. The lowest BCUT2D eigenvalue weighted by Gasteiger charge is -2.34. The van der Waals surface area contributed by atoms with Crippen LogP contribution in [0.1, 0.15) is 23.5 Å². The van der Waals surface area contributed by atoms with Crippen molar-refractivity contribution in [1.29, 1.82) is 0 Å². The number of H-pyrrole nitrogens is 1. The van der Waals surface area contributed by atoms with E-state index in [1.54, 1.807) is 0 Å². The molecule has 6 nitrogen and oxygen atoms in total. The first-order chi connectivity index (χ1) is 14.0. The van der Waals surface area contributed by atoms with E-state index in [1.807, 2.05) is 32.0 Å². The molecule has 1 saturated heterocycles. The molecule has 0 unspecified atom stereocenters. The zero-order valence-corrected chi connectivity index (χ0v) is 17.9. The molecule has 1 fully saturated rings. The fourth-order valence-electron chi connectivity index (χ4n) is 3.44. The van der Waals surface area contributed by atoms with Crippen molar-refractivity contribution in [2.24, 2.45) is 0 Å². The van der Waals surface area contributed by atoms with Crippen molar-refractivity contribution in [3.8, 4) is 21.8 Å². The number of piperazine rings is 1. The minimum atomic E-state index is -0.0320. The molecule has 1 aromatic carbocycles. The first kappa shape index (κ1) is 19.7. The minimum Gasteiger partial charge on any atom is -0.369 e. The van der Waals surface area contributed by atoms with Gasteiger partial charge >= 0.3 is 0 Å². The lowest BCUT2D eigenvalue weighted by Crippen LogP contribution is -2.44. The molecule has 29 heavy (non-hydrogen) atoms. The van der Waals surface area contributed by atoms with Crippen LogP contribution in [0.3, 0.4) is 0 Å². The molecule has 7 heteroatoms. The third-order valence-electron chi connectivity index (χ3n) is 5.12. The second-order valence-electron chi connectivity index (χ2n) is 7.80. The maximum Gasteiger partial charge on any atom is 0.261 e. The summed E-state index contributed by atoms with van der Waals surface area (Å²) >= 11 is 1.47. The van der Waals surface area contributed by atoms with Crippen LogP contribution in [0.2, 0.25) is 0 Å². The zero-order valence-electron chi connectivity index (χ0n) is 17.1. The lowest BCUT2D eigenvalue weighted by atomic mass is 10.1. The number of aromatic amines is 1. The van der Waals surface area contributed by atoms with E-state index in [0.29, 0.717) is 4.88 Å². The Morgan fingerprint density at radius 2 is 1.83 bits per heavy atom. The lowest BCUT2D eigenvalue weighted by molar-refractivity contribution is 0.0947. The van der Waals surface area contributed by atoms with Crippen molar-refractivity contribution in [1.82, 2.24) is 20.4 Å². The van der Waals surface area contributed by atoms with Gasteiger partial charge in [-0.05, 0) is 51.2 Å². The molecular formula is C22H27N5OS. The number of anilines is 1. The standard InChI is InChI=1S/C22H27N5OS/c1-15(2)23-22(28)21-9-8-20(29-21)19-14-18(24-25-19)16-4-6-17(7-5-16)27-12-10-26(3)11-13-27/h4-9,14-15H,10-13H2,1-3H3,(H,23,28)(H,24,25). The summed E-state index contributed by atoms with van der Waals surface area (Å²) in [6.07, 6.45) is 0. The largest absolute Gasteiger partial charge is 0.369 e. The van der Waals surface area contributed by atoms with Crippen LogP contribution < -0.4 is 10.2 Å². The Hall–Kier alpha value is -2.64. The van der Waals surface area contributed by atoms with Crippen molar-refractivity contribution in [3.05, 3.63) is 47.3 Å². The molecule has 0 radical (unpaired) electrons. The van der Waals surface area contributed by atoms with Crippen LogP contribution in [-0.2, 0) is 0 Å². The van der Waals surface area contributed by atoms with E-state index in [-0.39, 0.29) is 11.9 Å². The van der Waals surface area contributed by atoms with Gasteiger partial charge in [0.05, 0.1) is 21.1 Å². The summed E-state index contributed by atoms with van der Waals surface area (Å²) in [4.78, 5) is 18.7. The van der Waals surface area contributed by atoms with Gasteiger partial charge in [0.1, 0.15) is 0 Å². The number of likely N-dealkylation sites (N-methyl/N-ethyl adjacent to an activating group) is 1. The van der Waals surface area contributed by atoms with Crippen molar-refractivity contribution < 1.29 is 4.79 Å².